The first-order valence-electron chi connectivity index (χ1n) is 12.1. The molecule has 30 heavy (non-hydrogen) atoms. The van der Waals surface area contributed by atoms with Gasteiger partial charge in [-0.1, -0.05) is 70.4 Å². The molecule has 0 bridgehead atoms. The third kappa shape index (κ3) is 18.7. The molecule has 0 aliphatic heterocycles. The van der Waals surface area contributed by atoms with Crippen molar-refractivity contribution in [1.29, 1.82) is 0 Å². The fourth-order valence-electron chi connectivity index (χ4n) is 3.40. The van der Waals surface area contributed by atoms with Gasteiger partial charge in [0.25, 0.3) is 0 Å². The number of aliphatic carboxylic acids is 1. The summed E-state index contributed by atoms with van der Waals surface area (Å²) in [6.45, 7) is 2.25. The molecule has 0 saturated heterocycles. The summed E-state index contributed by atoms with van der Waals surface area (Å²) < 4.78 is 5.97. The summed E-state index contributed by atoms with van der Waals surface area (Å²) in [4.78, 5) is 22.9. The lowest BCUT2D eigenvalue weighted by atomic mass is 10.1. The number of allylic oxidation sites excluding steroid dienone is 2. The molecule has 0 aromatic rings. The number of carboxylic acid groups (broad SMARTS) is 1. The Labute approximate surface area is 185 Å². The lowest BCUT2D eigenvalue weighted by Gasteiger charge is -2.32. The second-order valence-electron chi connectivity index (χ2n) is 9.33. The zero-order chi connectivity index (χ0) is 22.7. The lowest BCUT2D eigenvalue weighted by Crippen LogP contribution is -2.47. The number of carboxylic acids is 1. The zero-order valence-corrected chi connectivity index (χ0v) is 20.2. The monoisotopic (exact) mass is 426 g/mol. The first-order valence-corrected chi connectivity index (χ1v) is 12.1. The molecule has 0 aromatic heterocycles. The molecule has 0 aliphatic carbocycles. The van der Waals surface area contributed by atoms with Gasteiger partial charge in [0.2, 0.25) is 6.23 Å². The highest BCUT2D eigenvalue weighted by Gasteiger charge is 2.28. The summed E-state index contributed by atoms with van der Waals surface area (Å²) in [7, 11) is 5.76. The van der Waals surface area contributed by atoms with Gasteiger partial charge in [0.1, 0.15) is 0 Å². The van der Waals surface area contributed by atoms with E-state index in [1.54, 1.807) is 0 Å². The van der Waals surface area contributed by atoms with Crippen molar-refractivity contribution in [3.63, 3.8) is 0 Å². The topological polar surface area (TPSA) is 63.6 Å². The standard InChI is InChI=1S/C25H47NO4/c1-5-6-7-8-9-10-11-12-13-14-15-16-17-18-19-20-25(29)30-23(26(2,3)4)21-22-24(27)28/h10-11,23H,5-9,12-22H2,1-4H3/p+1/b11-10-/t23-/m0/s1. The van der Waals surface area contributed by atoms with Crippen LogP contribution in [0, 0.1) is 0 Å². The van der Waals surface area contributed by atoms with Crippen LogP contribution in [0.2, 0.25) is 0 Å². The minimum Gasteiger partial charge on any atom is -0.481 e. The molecule has 0 unspecified atom stereocenters. The van der Waals surface area contributed by atoms with E-state index in [-0.39, 0.29) is 12.4 Å². The van der Waals surface area contributed by atoms with E-state index in [2.05, 4.69) is 19.1 Å². The van der Waals surface area contributed by atoms with E-state index >= 15 is 0 Å². The number of carbonyl (C=O) groups excluding carboxylic acids is 1. The van der Waals surface area contributed by atoms with Gasteiger partial charge < -0.3 is 9.84 Å². The van der Waals surface area contributed by atoms with Crippen LogP contribution >= 0.6 is 0 Å². The molecule has 0 radical (unpaired) electrons. The van der Waals surface area contributed by atoms with Crippen molar-refractivity contribution in [3.05, 3.63) is 12.2 Å². The normalized spacial score (nSPS) is 12.9. The highest BCUT2D eigenvalue weighted by Crippen LogP contribution is 2.15. The Balaban J connectivity index is 3.63. The average molecular weight is 427 g/mol. The average Bonchev–Trinajstić information content (AvgIpc) is 2.67. The number of hydrogen-bond acceptors (Lipinski definition) is 3. The van der Waals surface area contributed by atoms with Gasteiger partial charge in [-0.05, 0) is 32.1 Å². The van der Waals surface area contributed by atoms with Crippen molar-refractivity contribution in [3.8, 4) is 0 Å². The molecular weight excluding hydrogens is 378 g/mol. The molecule has 176 valence electrons. The maximum atomic E-state index is 12.1. The molecule has 5 heteroatoms. The molecular formula is C25H48NO4+. The van der Waals surface area contributed by atoms with E-state index in [0.717, 1.165) is 12.8 Å². The molecule has 0 fully saturated rings. The fourth-order valence-corrected chi connectivity index (χ4v) is 3.40. The molecule has 0 rings (SSSR count). The van der Waals surface area contributed by atoms with Gasteiger partial charge in [-0.3, -0.25) is 14.1 Å². The van der Waals surface area contributed by atoms with Crippen LogP contribution in [0.1, 0.15) is 110 Å². The smallest absolute Gasteiger partial charge is 0.310 e. The van der Waals surface area contributed by atoms with Crippen molar-refractivity contribution in [2.75, 3.05) is 21.1 Å². The van der Waals surface area contributed by atoms with Gasteiger partial charge >= 0.3 is 11.9 Å². The van der Waals surface area contributed by atoms with Crippen LogP contribution < -0.4 is 0 Å². The summed E-state index contributed by atoms with van der Waals surface area (Å²) in [5.74, 6) is -1.07. The summed E-state index contributed by atoms with van der Waals surface area (Å²) in [6.07, 6.45) is 21.0. The minimum atomic E-state index is -0.858. The van der Waals surface area contributed by atoms with E-state index in [4.69, 9.17) is 9.84 Å². The van der Waals surface area contributed by atoms with Crippen molar-refractivity contribution < 1.29 is 23.9 Å². The van der Waals surface area contributed by atoms with Gasteiger partial charge in [0.05, 0.1) is 27.6 Å². The SMILES string of the molecule is CCCCCC/C=C\CCCCCCCCCC(=O)O[C@@H](CCC(=O)O)[N+](C)(C)C. The number of nitrogens with zero attached hydrogens (tertiary/aromatic N) is 1. The van der Waals surface area contributed by atoms with E-state index in [9.17, 15) is 9.59 Å². The van der Waals surface area contributed by atoms with Crippen LogP contribution in [0.4, 0.5) is 0 Å². The largest absolute Gasteiger partial charge is 0.481 e. The Morgan fingerprint density at radius 3 is 1.80 bits per heavy atom. The highest BCUT2D eigenvalue weighted by atomic mass is 16.6. The number of hydrogen-bond donors (Lipinski definition) is 1. The molecule has 1 atom stereocenters. The van der Waals surface area contributed by atoms with E-state index < -0.39 is 12.2 Å². The third-order valence-electron chi connectivity index (χ3n) is 5.38. The quantitative estimate of drug-likeness (QED) is 0.0797. The van der Waals surface area contributed by atoms with Gasteiger partial charge in [0.15, 0.2) is 0 Å². The van der Waals surface area contributed by atoms with Crippen LogP contribution in [-0.2, 0) is 14.3 Å². The van der Waals surface area contributed by atoms with Gasteiger partial charge in [-0.2, -0.15) is 0 Å². The molecule has 1 N–H and O–H groups in total. The Kier molecular flexibility index (Phi) is 17.6. The number of rotatable bonds is 20. The predicted octanol–water partition coefficient (Wildman–Crippen LogP) is 6.46. The first-order chi connectivity index (χ1) is 14.3. The molecule has 0 saturated carbocycles. The van der Waals surface area contributed by atoms with Crippen molar-refractivity contribution in [2.45, 2.75) is 116 Å². The Morgan fingerprint density at radius 2 is 1.30 bits per heavy atom. The van der Waals surface area contributed by atoms with Crippen LogP contribution in [0.25, 0.3) is 0 Å². The summed E-state index contributed by atoms with van der Waals surface area (Å²) in [5.41, 5.74) is 0. The van der Waals surface area contributed by atoms with Crippen molar-refractivity contribution >= 4 is 11.9 Å². The molecule has 0 spiro atoms. The number of unbranched alkanes of at least 4 members (excludes halogenated alkanes) is 11. The van der Waals surface area contributed by atoms with Crippen LogP contribution in [0.5, 0.6) is 0 Å². The second kappa shape index (κ2) is 18.4. The maximum absolute atomic E-state index is 12.1. The molecule has 0 heterocycles. The summed E-state index contributed by atoms with van der Waals surface area (Å²) in [6, 6.07) is 0. The minimum absolute atomic E-state index is 0.0161. The first kappa shape index (κ1) is 28.6. The number of ether oxygens (including phenoxy) is 1. The Morgan fingerprint density at radius 1 is 0.800 bits per heavy atom. The van der Waals surface area contributed by atoms with Crippen LogP contribution in [0.15, 0.2) is 12.2 Å². The molecule has 5 nitrogen and oxygen atoms in total. The van der Waals surface area contributed by atoms with Crippen molar-refractivity contribution in [2.24, 2.45) is 0 Å². The highest BCUT2D eigenvalue weighted by molar-refractivity contribution is 5.69. The summed E-state index contributed by atoms with van der Waals surface area (Å²) in [5, 5.41) is 8.86. The fraction of sp³-hybridized carbons (Fsp3) is 0.840. The Bertz CT molecular complexity index is 468. The van der Waals surface area contributed by atoms with E-state index in [0.29, 0.717) is 17.3 Å². The predicted molar refractivity (Wildman–Crippen MR) is 124 cm³/mol. The Hall–Kier alpha value is -1.36. The summed E-state index contributed by atoms with van der Waals surface area (Å²) >= 11 is 0. The van der Waals surface area contributed by atoms with Crippen LogP contribution in [-0.4, -0.2) is 48.9 Å². The molecule has 0 aliphatic rings. The van der Waals surface area contributed by atoms with Crippen molar-refractivity contribution in [1.82, 2.24) is 0 Å². The van der Waals surface area contributed by atoms with Crippen LogP contribution in [0.3, 0.4) is 0 Å². The van der Waals surface area contributed by atoms with E-state index in [1.807, 2.05) is 21.1 Å². The molecule has 0 amide bonds. The number of quaternary nitrogens is 1. The van der Waals surface area contributed by atoms with E-state index in [1.165, 1.54) is 70.6 Å². The van der Waals surface area contributed by atoms with Gasteiger partial charge in [0, 0.05) is 12.8 Å². The molecule has 0 aromatic carbocycles. The third-order valence-corrected chi connectivity index (χ3v) is 5.38. The number of esters is 1. The van der Waals surface area contributed by atoms with Gasteiger partial charge in [-0.25, -0.2) is 0 Å². The number of carbonyl (C=O) groups is 2. The zero-order valence-electron chi connectivity index (χ0n) is 20.2. The van der Waals surface area contributed by atoms with Gasteiger partial charge in [-0.15, -0.1) is 0 Å². The second-order valence-corrected chi connectivity index (χ2v) is 9.33. The lowest BCUT2D eigenvalue weighted by molar-refractivity contribution is -0.917. The maximum Gasteiger partial charge on any atom is 0.310 e.